The summed E-state index contributed by atoms with van der Waals surface area (Å²) >= 11 is 3.76. The van der Waals surface area contributed by atoms with Crippen molar-refractivity contribution in [2.24, 2.45) is 17.8 Å². The smallest absolute Gasteiger partial charge is 0.188 e. The molecule has 0 N–H and O–H groups in total. The summed E-state index contributed by atoms with van der Waals surface area (Å²) in [5.74, 6) is 3.42. The molecule has 4 heteroatoms. The highest BCUT2D eigenvalue weighted by molar-refractivity contribution is 9.10. The standard InChI is InChI=1S/C27H32BrFO2/c1-16(2)20-4-5-22(25(28)9-20)23-10-21(29)11-24(26(23)31-15-30-3)27-12-17-6-18(13-27)8-19(7-17)14-27/h4-5,9-11,16-19H,6-8,12-15H2,1-3H3. The topological polar surface area (TPSA) is 18.5 Å². The van der Waals surface area contributed by atoms with E-state index in [1.807, 2.05) is 0 Å². The summed E-state index contributed by atoms with van der Waals surface area (Å²) in [6.07, 6.45) is 7.57. The molecule has 4 saturated carbocycles. The lowest BCUT2D eigenvalue weighted by molar-refractivity contribution is -0.00890. The van der Waals surface area contributed by atoms with E-state index in [9.17, 15) is 0 Å². The third-order valence-corrected chi connectivity index (χ3v) is 8.59. The molecule has 0 spiro atoms. The molecule has 4 bridgehead atoms. The molecule has 0 heterocycles. The van der Waals surface area contributed by atoms with Crippen molar-refractivity contribution in [3.63, 3.8) is 0 Å². The summed E-state index contributed by atoms with van der Waals surface area (Å²) in [5.41, 5.74) is 4.16. The van der Waals surface area contributed by atoms with Gasteiger partial charge in [0.15, 0.2) is 6.79 Å². The second-order valence-corrected chi connectivity index (χ2v) is 11.3. The van der Waals surface area contributed by atoms with Gasteiger partial charge in [-0.3, -0.25) is 0 Å². The first kappa shape index (κ1) is 21.5. The van der Waals surface area contributed by atoms with Gasteiger partial charge in [0.2, 0.25) is 0 Å². The fourth-order valence-corrected chi connectivity index (χ4v) is 7.62. The Bertz CT molecular complexity index is 948. The van der Waals surface area contributed by atoms with Crippen LogP contribution in [0.5, 0.6) is 5.75 Å². The molecule has 31 heavy (non-hydrogen) atoms. The van der Waals surface area contributed by atoms with E-state index in [4.69, 9.17) is 9.47 Å². The van der Waals surface area contributed by atoms with Crippen LogP contribution in [0.3, 0.4) is 0 Å². The van der Waals surface area contributed by atoms with E-state index in [-0.39, 0.29) is 18.0 Å². The molecule has 0 aliphatic heterocycles. The van der Waals surface area contributed by atoms with Crippen LogP contribution in [0.4, 0.5) is 4.39 Å². The van der Waals surface area contributed by atoms with E-state index < -0.39 is 0 Å². The maximum Gasteiger partial charge on any atom is 0.188 e. The van der Waals surface area contributed by atoms with Crippen LogP contribution in [-0.4, -0.2) is 13.9 Å². The van der Waals surface area contributed by atoms with Crippen LogP contribution in [0.25, 0.3) is 11.1 Å². The third kappa shape index (κ3) is 3.84. The van der Waals surface area contributed by atoms with E-state index in [1.54, 1.807) is 19.2 Å². The SMILES string of the molecule is COCOc1c(-c2ccc(C(C)C)cc2Br)cc(F)cc1C12CC3CC(CC(C3)C1)C2. The number of hydrogen-bond donors (Lipinski definition) is 0. The third-order valence-electron chi connectivity index (χ3n) is 7.93. The minimum absolute atomic E-state index is 0.0407. The van der Waals surface area contributed by atoms with Crippen molar-refractivity contribution in [3.8, 4) is 16.9 Å². The van der Waals surface area contributed by atoms with Gasteiger partial charge in [0.05, 0.1) is 0 Å². The molecule has 4 fully saturated rings. The van der Waals surface area contributed by atoms with Crippen molar-refractivity contribution < 1.29 is 13.9 Å². The van der Waals surface area contributed by atoms with Gasteiger partial charge in [-0.2, -0.15) is 0 Å². The molecule has 2 aromatic carbocycles. The highest BCUT2D eigenvalue weighted by Crippen LogP contribution is 2.62. The number of benzene rings is 2. The minimum Gasteiger partial charge on any atom is -0.467 e. The van der Waals surface area contributed by atoms with Gasteiger partial charge in [0, 0.05) is 22.7 Å². The van der Waals surface area contributed by atoms with E-state index in [2.05, 4.69) is 48.0 Å². The predicted molar refractivity (Wildman–Crippen MR) is 126 cm³/mol. The number of methoxy groups -OCH3 is 1. The highest BCUT2D eigenvalue weighted by atomic mass is 79.9. The van der Waals surface area contributed by atoms with Crippen molar-refractivity contribution in [2.45, 2.75) is 63.7 Å². The maximum atomic E-state index is 15.1. The lowest BCUT2D eigenvalue weighted by Crippen LogP contribution is -2.48. The predicted octanol–water partition coefficient (Wildman–Crippen LogP) is 7.83. The van der Waals surface area contributed by atoms with E-state index in [0.717, 1.165) is 44.7 Å². The molecule has 0 atom stereocenters. The monoisotopic (exact) mass is 486 g/mol. The van der Waals surface area contributed by atoms with Gasteiger partial charge in [0.1, 0.15) is 11.6 Å². The summed E-state index contributed by atoms with van der Waals surface area (Å²) in [4.78, 5) is 0. The number of rotatable bonds is 6. The van der Waals surface area contributed by atoms with Crippen molar-refractivity contribution in [1.82, 2.24) is 0 Å². The lowest BCUT2D eigenvalue weighted by Gasteiger charge is -2.57. The zero-order valence-electron chi connectivity index (χ0n) is 18.7. The Morgan fingerprint density at radius 1 is 1.00 bits per heavy atom. The zero-order valence-corrected chi connectivity index (χ0v) is 20.3. The molecule has 4 aliphatic carbocycles. The Morgan fingerprint density at radius 2 is 1.65 bits per heavy atom. The van der Waals surface area contributed by atoms with Crippen molar-refractivity contribution in [1.29, 1.82) is 0 Å². The normalized spacial score (nSPS) is 29.0. The Balaban J connectivity index is 1.66. The van der Waals surface area contributed by atoms with Crippen LogP contribution in [-0.2, 0) is 10.2 Å². The Hall–Kier alpha value is -1.39. The summed E-state index contributed by atoms with van der Waals surface area (Å²) in [6, 6.07) is 9.77. The van der Waals surface area contributed by atoms with Gasteiger partial charge in [-0.25, -0.2) is 4.39 Å². The molecular weight excluding hydrogens is 455 g/mol. The number of halogens is 2. The summed E-state index contributed by atoms with van der Waals surface area (Å²) < 4.78 is 27.6. The van der Waals surface area contributed by atoms with Crippen LogP contribution in [0, 0.1) is 23.6 Å². The average Bonchev–Trinajstić information content (AvgIpc) is 2.71. The van der Waals surface area contributed by atoms with E-state index in [0.29, 0.717) is 5.92 Å². The molecule has 0 radical (unpaired) electrons. The van der Waals surface area contributed by atoms with E-state index in [1.165, 1.54) is 44.1 Å². The second-order valence-electron chi connectivity index (χ2n) is 10.5. The molecule has 4 aliphatic rings. The quantitative estimate of drug-likeness (QED) is 0.387. The van der Waals surface area contributed by atoms with Gasteiger partial charge >= 0.3 is 0 Å². The average molecular weight is 487 g/mol. The summed E-state index contributed by atoms with van der Waals surface area (Å²) in [6.45, 7) is 4.53. The summed E-state index contributed by atoms with van der Waals surface area (Å²) in [5, 5.41) is 0. The molecular formula is C27H32BrFO2. The number of ether oxygens (including phenoxy) is 2. The van der Waals surface area contributed by atoms with Crippen molar-refractivity contribution >= 4 is 15.9 Å². The molecule has 2 nitrogen and oxygen atoms in total. The Morgan fingerprint density at radius 3 is 2.19 bits per heavy atom. The molecule has 2 aromatic rings. The minimum atomic E-state index is -0.176. The fourth-order valence-electron chi connectivity index (χ4n) is 7.01. The first-order valence-electron chi connectivity index (χ1n) is 11.6. The maximum absolute atomic E-state index is 15.1. The van der Waals surface area contributed by atoms with E-state index >= 15 is 4.39 Å². The molecule has 0 aromatic heterocycles. The largest absolute Gasteiger partial charge is 0.467 e. The molecule has 0 saturated heterocycles. The van der Waals surface area contributed by atoms with Gasteiger partial charge in [-0.05, 0) is 96.9 Å². The van der Waals surface area contributed by atoms with Crippen LogP contribution in [0.1, 0.15) is 69.4 Å². The first-order chi connectivity index (χ1) is 14.9. The van der Waals surface area contributed by atoms with Crippen molar-refractivity contribution in [3.05, 3.63) is 51.7 Å². The summed E-state index contributed by atoms with van der Waals surface area (Å²) in [7, 11) is 1.64. The lowest BCUT2D eigenvalue weighted by atomic mass is 9.48. The first-order valence-corrected chi connectivity index (χ1v) is 12.4. The molecule has 6 rings (SSSR count). The van der Waals surface area contributed by atoms with Crippen LogP contribution in [0.15, 0.2) is 34.8 Å². The molecule has 0 amide bonds. The van der Waals surface area contributed by atoms with Gasteiger partial charge in [-0.1, -0.05) is 41.9 Å². The van der Waals surface area contributed by atoms with Crippen LogP contribution in [0.2, 0.25) is 0 Å². The van der Waals surface area contributed by atoms with Crippen LogP contribution >= 0.6 is 15.9 Å². The van der Waals surface area contributed by atoms with Gasteiger partial charge in [-0.15, -0.1) is 0 Å². The Kier molecular flexibility index (Phi) is 5.67. The molecule has 0 unspecified atom stereocenters. The van der Waals surface area contributed by atoms with Gasteiger partial charge < -0.3 is 9.47 Å². The van der Waals surface area contributed by atoms with Crippen molar-refractivity contribution in [2.75, 3.05) is 13.9 Å². The highest BCUT2D eigenvalue weighted by Gasteiger charge is 2.52. The van der Waals surface area contributed by atoms with Crippen LogP contribution < -0.4 is 4.74 Å². The molecule has 166 valence electrons. The second kappa shape index (κ2) is 8.19. The number of hydrogen-bond acceptors (Lipinski definition) is 2. The Labute approximate surface area is 193 Å². The fraction of sp³-hybridized carbons (Fsp3) is 0.556. The van der Waals surface area contributed by atoms with Gasteiger partial charge in [0.25, 0.3) is 0 Å². The zero-order chi connectivity index (χ0) is 21.8.